The Morgan fingerprint density at radius 1 is 1.50 bits per heavy atom. The first-order valence-electron chi connectivity index (χ1n) is 3.87. The van der Waals surface area contributed by atoms with Crippen LogP contribution in [0.1, 0.15) is 24.1 Å². The molecule has 0 saturated heterocycles. The first-order chi connectivity index (χ1) is 5.65. The van der Waals surface area contributed by atoms with E-state index in [9.17, 15) is 0 Å². The van der Waals surface area contributed by atoms with E-state index >= 15 is 0 Å². The van der Waals surface area contributed by atoms with Crippen molar-refractivity contribution in [2.24, 2.45) is 5.84 Å². The van der Waals surface area contributed by atoms with Gasteiger partial charge in [-0.25, -0.2) is 0 Å². The van der Waals surface area contributed by atoms with Gasteiger partial charge in [0.05, 0.1) is 0 Å². The van der Waals surface area contributed by atoms with Crippen molar-refractivity contribution in [2.45, 2.75) is 19.9 Å². The molecular formula is C9H13BrN2. The van der Waals surface area contributed by atoms with Crippen LogP contribution < -0.4 is 11.3 Å². The largest absolute Gasteiger partial charge is 0.271 e. The highest BCUT2D eigenvalue weighted by molar-refractivity contribution is 9.10. The Hall–Kier alpha value is -0.380. The second-order valence-electron chi connectivity index (χ2n) is 2.89. The summed E-state index contributed by atoms with van der Waals surface area (Å²) in [4.78, 5) is 0. The summed E-state index contributed by atoms with van der Waals surface area (Å²) in [7, 11) is 0. The minimum Gasteiger partial charge on any atom is -0.271 e. The lowest BCUT2D eigenvalue weighted by molar-refractivity contribution is 0.599. The number of hydrogen-bond acceptors (Lipinski definition) is 2. The summed E-state index contributed by atoms with van der Waals surface area (Å²) in [5, 5.41) is 0. The maximum atomic E-state index is 5.36. The quantitative estimate of drug-likeness (QED) is 0.603. The van der Waals surface area contributed by atoms with Crippen LogP contribution in [0, 0.1) is 6.92 Å². The van der Waals surface area contributed by atoms with Gasteiger partial charge in [-0.2, -0.15) is 0 Å². The number of rotatable bonds is 2. The first-order valence-corrected chi connectivity index (χ1v) is 4.66. The van der Waals surface area contributed by atoms with Crippen LogP contribution >= 0.6 is 15.9 Å². The first kappa shape index (κ1) is 9.71. The van der Waals surface area contributed by atoms with Gasteiger partial charge >= 0.3 is 0 Å². The molecule has 66 valence electrons. The zero-order valence-corrected chi connectivity index (χ0v) is 8.85. The minimum atomic E-state index is 0.197. The zero-order valence-electron chi connectivity index (χ0n) is 7.26. The molecule has 0 spiro atoms. The molecule has 3 heteroatoms. The molecule has 0 aliphatic carbocycles. The van der Waals surface area contributed by atoms with E-state index in [2.05, 4.69) is 40.4 Å². The third-order valence-corrected chi connectivity index (χ3v) is 2.45. The Kier molecular flexibility index (Phi) is 3.26. The molecule has 2 nitrogen and oxygen atoms in total. The highest BCUT2D eigenvalue weighted by Crippen LogP contribution is 2.21. The van der Waals surface area contributed by atoms with Gasteiger partial charge in [0.2, 0.25) is 0 Å². The molecule has 1 aromatic rings. The fourth-order valence-electron chi connectivity index (χ4n) is 1.17. The van der Waals surface area contributed by atoms with Crippen LogP contribution in [-0.2, 0) is 0 Å². The number of aryl methyl sites for hydroxylation is 1. The van der Waals surface area contributed by atoms with E-state index in [1.54, 1.807) is 0 Å². The molecule has 0 bridgehead atoms. The third-order valence-electron chi connectivity index (χ3n) is 1.96. The van der Waals surface area contributed by atoms with Crippen LogP contribution in [0.4, 0.5) is 0 Å². The van der Waals surface area contributed by atoms with Crippen molar-refractivity contribution in [3.63, 3.8) is 0 Å². The van der Waals surface area contributed by atoms with Crippen molar-refractivity contribution < 1.29 is 0 Å². The lowest BCUT2D eigenvalue weighted by Crippen LogP contribution is -2.26. The Morgan fingerprint density at radius 3 is 2.75 bits per heavy atom. The Morgan fingerprint density at radius 2 is 2.17 bits per heavy atom. The molecule has 0 amide bonds. The van der Waals surface area contributed by atoms with Gasteiger partial charge in [-0.15, -0.1) is 0 Å². The average Bonchev–Trinajstić information content (AvgIpc) is 2.08. The predicted octanol–water partition coefficient (Wildman–Crippen LogP) is 2.28. The van der Waals surface area contributed by atoms with Gasteiger partial charge in [0.1, 0.15) is 0 Å². The van der Waals surface area contributed by atoms with Crippen LogP contribution in [0.5, 0.6) is 0 Å². The Bertz CT molecular complexity index is 273. The molecule has 1 unspecified atom stereocenters. The summed E-state index contributed by atoms with van der Waals surface area (Å²) in [6, 6.07) is 6.39. The molecule has 3 N–H and O–H groups in total. The van der Waals surface area contributed by atoms with Crippen LogP contribution in [0.2, 0.25) is 0 Å². The second kappa shape index (κ2) is 4.03. The van der Waals surface area contributed by atoms with Gasteiger partial charge in [-0.3, -0.25) is 11.3 Å². The lowest BCUT2D eigenvalue weighted by Gasteiger charge is -2.13. The number of nitrogens with one attached hydrogen (secondary N) is 1. The standard InChI is InChI=1S/C9H13BrN2/c1-6-3-4-8(10)5-9(6)7(2)12-11/h3-5,7,12H,11H2,1-2H3. The molecule has 1 atom stereocenters. The van der Waals surface area contributed by atoms with E-state index in [0.29, 0.717) is 0 Å². The van der Waals surface area contributed by atoms with Crippen molar-refractivity contribution in [3.8, 4) is 0 Å². The lowest BCUT2D eigenvalue weighted by atomic mass is 10.0. The molecule has 1 aromatic carbocycles. The smallest absolute Gasteiger partial charge is 0.0434 e. The van der Waals surface area contributed by atoms with Gasteiger partial charge in [-0.05, 0) is 37.1 Å². The van der Waals surface area contributed by atoms with E-state index in [1.807, 2.05) is 13.0 Å². The van der Waals surface area contributed by atoms with Crippen LogP contribution in [0.15, 0.2) is 22.7 Å². The van der Waals surface area contributed by atoms with Gasteiger partial charge in [-0.1, -0.05) is 22.0 Å². The summed E-state index contributed by atoms with van der Waals surface area (Å²) in [6.07, 6.45) is 0. The molecule has 0 aromatic heterocycles. The number of hydrogen-bond donors (Lipinski definition) is 2. The molecule has 0 fully saturated rings. The normalized spacial score (nSPS) is 13.0. The monoisotopic (exact) mass is 228 g/mol. The molecule has 0 radical (unpaired) electrons. The van der Waals surface area contributed by atoms with E-state index in [4.69, 9.17) is 5.84 Å². The molecule has 1 rings (SSSR count). The molecule has 0 saturated carbocycles. The highest BCUT2D eigenvalue weighted by atomic mass is 79.9. The van der Waals surface area contributed by atoms with Crippen LogP contribution in [0.3, 0.4) is 0 Å². The molecule has 0 aliphatic heterocycles. The maximum absolute atomic E-state index is 5.36. The van der Waals surface area contributed by atoms with Crippen LogP contribution in [0.25, 0.3) is 0 Å². The second-order valence-corrected chi connectivity index (χ2v) is 3.80. The summed E-state index contributed by atoms with van der Waals surface area (Å²) < 4.78 is 1.09. The molecular weight excluding hydrogens is 216 g/mol. The number of nitrogens with two attached hydrogens (primary N) is 1. The van der Waals surface area contributed by atoms with Gasteiger partial charge in [0.15, 0.2) is 0 Å². The number of benzene rings is 1. The number of halogens is 1. The molecule has 0 heterocycles. The Labute approximate surface area is 81.3 Å². The van der Waals surface area contributed by atoms with Crippen LogP contribution in [-0.4, -0.2) is 0 Å². The molecule has 12 heavy (non-hydrogen) atoms. The van der Waals surface area contributed by atoms with E-state index in [0.717, 1.165) is 4.47 Å². The van der Waals surface area contributed by atoms with E-state index in [1.165, 1.54) is 11.1 Å². The predicted molar refractivity (Wildman–Crippen MR) is 54.6 cm³/mol. The third kappa shape index (κ3) is 2.06. The molecule has 0 aliphatic rings. The zero-order chi connectivity index (χ0) is 9.14. The van der Waals surface area contributed by atoms with Gasteiger partial charge in [0.25, 0.3) is 0 Å². The average molecular weight is 229 g/mol. The fourth-order valence-corrected chi connectivity index (χ4v) is 1.55. The number of hydrazine groups is 1. The van der Waals surface area contributed by atoms with Crippen molar-refractivity contribution in [3.05, 3.63) is 33.8 Å². The van der Waals surface area contributed by atoms with Crippen molar-refractivity contribution in [2.75, 3.05) is 0 Å². The van der Waals surface area contributed by atoms with Gasteiger partial charge < -0.3 is 0 Å². The summed E-state index contributed by atoms with van der Waals surface area (Å²) >= 11 is 3.43. The van der Waals surface area contributed by atoms with Crippen molar-refractivity contribution >= 4 is 15.9 Å². The van der Waals surface area contributed by atoms with Crippen molar-refractivity contribution in [1.82, 2.24) is 5.43 Å². The minimum absolute atomic E-state index is 0.197. The summed E-state index contributed by atoms with van der Waals surface area (Å²) in [6.45, 7) is 4.12. The van der Waals surface area contributed by atoms with Crippen molar-refractivity contribution in [1.29, 1.82) is 0 Å². The van der Waals surface area contributed by atoms with E-state index in [-0.39, 0.29) is 6.04 Å². The topological polar surface area (TPSA) is 38.0 Å². The van der Waals surface area contributed by atoms with Gasteiger partial charge in [0, 0.05) is 10.5 Å². The fraction of sp³-hybridized carbons (Fsp3) is 0.333. The Balaban J connectivity index is 3.04. The summed E-state index contributed by atoms with van der Waals surface area (Å²) in [5.74, 6) is 5.36. The highest BCUT2D eigenvalue weighted by Gasteiger charge is 2.05. The maximum Gasteiger partial charge on any atom is 0.0434 e. The summed E-state index contributed by atoms with van der Waals surface area (Å²) in [5.41, 5.74) is 5.21. The SMILES string of the molecule is Cc1ccc(Br)cc1C(C)NN. The van der Waals surface area contributed by atoms with E-state index < -0.39 is 0 Å².